The Kier molecular flexibility index (Phi) is 8.13. The smallest absolute Gasteiger partial charge is 0.251 e. The molecule has 6 heteroatoms. The lowest BCUT2D eigenvalue weighted by Gasteiger charge is -2.24. The summed E-state index contributed by atoms with van der Waals surface area (Å²) in [5.74, 6) is 0.551. The molecule has 0 aliphatic rings. The normalized spacial score (nSPS) is 12.5. The Morgan fingerprint density at radius 3 is 2.39 bits per heavy atom. The summed E-state index contributed by atoms with van der Waals surface area (Å²) >= 11 is 3.29. The Balaban J connectivity index is 2.07. The van der Waals surface area contributed by atoms with Crippen molar-refractivity contribution >= 4 is 34.9 Å². The van der Waals surface area contributed by atoms with Gasteiger partial charge in [0.25, 0.3) is 5.91 Å². The van der Waals surface area contributed by atoms with Gasteiger partial charge in [-0.2, -0.15) is 23.1 Å². The molecule has 1 atom stereocenters. The van der Waals surface area contributed by atoms with Crippen molar-refractivity contribution in [3.05, 3.63) is 57.8 Å². The fourth-order valence-corrected chi connectivity index (χ4v) is 3.99. The average Bonchev–Trinajstić information content (AvgIpc) is 3.16. The van der Waals surface area contributed by atoms with Gasteiger partial charge >= 0.3 is 0 Å². The molecule has 0 unspecified atom stereocenters. The molecule has 0 saturated heterocycles. The summed E-state index contributed by atoms with van der Waals surface area (Å²) in [6, 6.07) is 9.13. The van der Waals surface area contributed by atoms with E-state index in [2.05, 4.69) is 26.1 Å². The number of hydrogen-bond acceptors (Lipinski definition) is 4. The van der Waals surface area contributed by atoms with Crippen molar-refractivity contribution in [1.29, 1.82) is 0 Å². The number of hydrogen-bond donors (Lipinski definition) is 1. The van der Waals surface area contributed by atoms with Crippen LogP contribution >= 0.6 is 23.1 Å². The van der Waals surface area contributed by atoms with Crippen LogP contribution in [0.3, 0.4) is 0 Å². The number of benzene rings is 1. The lowest BCUT2D eigenvalue weighted by Crippen LogP contribution is -2.47. The van der Waals surface area contributed by atoms with Crippen LogP contribution in [0, 0.1) is 0 Å². The van der Waals surface area contributed by atoms with Gasteiger partial charge in [-0.25, -0.2) is 0 Å². The molecule has 1 heterocycles. The van der Waals surface area contributed by atoms with Crippen molar-refractivity contribution in [3.8, 4) is 0 Å². The van der Waals surface area contributed by atoms with Crippen LogP contribution in [-0.4, -0.2) is 41.8 Å². The predicted molar refractivity (Wildman–Crippen MR) is 120 cm³/mol. The van der Waals surface area contributed by atoms with Gasteiger partial charge in [0.1, 0.15) is 6.04 Å². The molecule has 1 aromatic heterocycles. The monoisotopic (exact) mass is 418 g/mol. The van der Waals surface area contributed by atoms with E-state index in [-0.39, 0.29) is 17.2 Å². The van der Waals surface area contributed by atoms with Crippen LogP contribution in [-0.2, 0) is 16.8 Å². The lowest BCUT2D eigenvalue weighted by atomic mass is 9.86. The minimum absolute atomic E-state index is 0.0379. The van der Waals surface area contributed by atoms with Gasteiger partial charge in [-0.3, -0.25) is 9.59 Å². The highest BCUT2D eigenvalue weighted by Gasteiger charge is 2.24. The molecule has 1 N–H and O–H groups in total. The van der Waals surface area contributed by atoms with Gasteiger partial charge in [0.15, 0.2) is 0 Å². The Bertz CT molecular complexity index is 765. The zero-order valence-corrected chi connectivity index (χ0v) is 19.0. The molecular formula is C22H30N2O2S2. The molecule has 28 heavy (non-hydrogen) atoms. The first-order valence-corrected chi connectivity index (χ1v) is 11.7. The third-order valence-electron chi connectivity index (χ3n) is 4.60. The first-order chi connectivity index (χ1) is 13.2. The highest BCUT2D eigenvalue weighted by molar-refractivity contribution is 7.98. The minimum Gasteiger partial charge on any atom is -0.340 e. The highest BCUT2D eigenvalue weighted by Crippen LogP contribution is 2.22. The fourth-order valence-electron chi connectivity index (χ4n) is 2.86. The lowest BCUT2D eigenvalue weighted by molar-refractivity contribution is -0.132. The van der Waals surface area contributed by atoms with E-state index in [1.54, 1.807) is 35.0 Å². The molecule has 0 fully saturated rings. The molecule has 0 radical (unpaired) electrons. The predicted octanol–water partition coefficient (Wildman–Crippen LogP) is 4.56. The van der Waals surface area contributed by atoms with Gasteiger partial charge in [-0.1, -0.05) is 32.9 Å². The molecule has 0 saturated carbocycles. The van der Waals surface area contributed by atoms with E-state index in [1.807, 2.05) is 47.3 Å². The molecule has 0 aliphatic heterocycles. The number of amides is 2. The van der Waals surface area contributed by atoms with Gasteiger partial charge in [0.05, 0.1) is 0 Å². The van der Waals surface area contributed by atoms with E-state index in [0.717, 1.165) is 11.3 Å². The second kappa shape index (κ2) is 10.1. The van der Waals surface area contributed by atoms with Crippen LogP contribution in [0.15, 0.2) is 41.1 Å². The van der Waals surface area contributed by atoms with Crippen molar-refractivity contribution in [2.75, 3.05) is 19.1 Å². The van der Waals surface area contributed by atoms with Gasteiger partial charge in [0.2, 0.25) is 5.91 Å². The minimum atomic E-state index is -0.522. The Hall–Kier alpha value is -1.79. The molecule has 0 bridgehead atoms. The third-order valence-corrected chi connectivity index (χ3v) is 5.98. The van der Waals surface area contributed by atoms with Crippen LogP contribution in [0.25, 0.3) is 0 Å². The number of nitrogens with zero attached hydrogens (tertiary/aromatic N) is 1. The van der Waals surface area contributed by atoms with E-state index in [1.165, 1.54) is 5.56 Å². The number of nitrogens with one attached hydrogen (secondary N) is 1. The number of rotatable bonds is 8. The molecule has 152 valence electrons. The number of carbonyl (C=O) groups excluding carboxylic acids is 2. The fraction of sp³-hybridized carbons (Fsp3) is 0.455. The molecule has 2 aromatic rings. The first kappa shape index (κ1) is 22.5. The Morgan fingerprint density at radius 2 is 1.86 bits per heavy atom. The van der Waals surface area contributed by atoms with Gasteiger partial charge in [-0.05, 0) is 63.9 Å². The number of carbonyl (C=O) groups is 2. The molecule has 0 spiro atoms. The Morgan fingerprint density at radius 1 is 1.18 bits per heavy atom. The van der Waals surface area contributed by atoms with Crippen LogP contribution in [0.2, 0.25) is 0 Å². The molecule has 1 aromatic carbocycles. The molecular weight excluding hydrogens is 388 g/mol. The maximum atomic E-state index is 12.9. The number of thiophene rings is 1. The van der Waals surface area contributed by atoms with Crippen molar-refractivity contribution in [1.82, 2.24) is 10.2 Å². The van der Waals surface area contributed by atoms with Crippen molar-refractivity contribution in [3.63, 3.8) is 0 Å². The molecule has 2 amide bonds. The number of thioether (sulfide) groups is 1. The average molecular weight is 419 g/mol. The van der Waals surface area contributed by atoms with E-state index >= 15 is 0 Å². The van der Waals surface area contributed by atoms with E-state index in [4.69, 9.17) is 0 Å². The van der Waals surface area contributed by atoms with Gasteiger partial charge < -0.3 is 10.2 Å². The summed E-state index contributed by atoms with van der Waals surface area (Å²) in [5.41, 5.74) is 2.90. The summed E-state index contributed by atoms with van der Waals surface area (Å²) in [6.45, 7) is 6.97. The topological polar surface area (TPSA) is 49.4 Å². The Labute approximate surface area is 176 Å². The second-order valence-electron chi connectivity index (χ2n) is 7.96. The van der Waals surface area contributed by atoms with Crippen molar-refractivity contribution < 1.29 is 9.59 Å². The summed E-state index contributed by atoms with van der Waals surface area (Å²) < 4.78 is 0. The van der Waals surface area contributed by atoms with Crippen LogP contribution in [0.5, 0.6) is 0 Å². The van der Waals surface area contributed by atoms with Gasteiger partial charge in [-0.15, -0.1) is 0 Å². The molecule has 0 aliphatic carbocycles. The van der Waals surface area contributed by atoms with Crippen LogP contribution in [0.1, 0.15) is 48.7 Å². The molecule has 2 rings (SSSR count). The second-order valence-corrected chi connectivity index (χ2v) is 9.73. The zero-order valence-electron chi connectivity index (χ0n) is 17.3. The standard InChI is InChI=1S/C22H30N2O2S2/c1-22(2,3)18-8-6-17(7-9-18)20(25)23-19(11-12-27-5)21(26)24(4)14-16-10-13-28-15-16/h6-10,13,15,19H,11-12,14H2,1-5H3,(H,23,25)/t19-/m1/s1. The first-order valence-electron chi connectivity index (χ1n) is 9.38. The van der Waals surface area contributed by atoms with E-state index < -0.39 is 6.04 Å². The summed E-state index contributed by atoms with van der Waals surface area (Å²) in [7, 11) is 1.79. The highest BCUT2D eigenvalue weighted by atomic mass is 32.2. The van der Waals surface area contributed by atoms with Crippen LogP contribution < -0.4 is 5.32 Å². The summed E-state index contributed by atoms with van der Waals surface area (Å²) in [6.07, 6.45) is 2.61. The maximum absolute atomic E-state index is 12.9. The quantitative estimate of drug-likeness (QED) is 0.684. The van der Waals surface area contributed by atoms with Crippen molar-refractivity contribution in [2.45, 2.75) is 45.2 Å². The zero-order chi connectivity index (χ0) is 20.7. The van der Waals surface area contributed by atoms with Crippen LogP contribution in [0.4, 0.5) is 0 Å². The maximum Gasteiger partial charge on any atom is 0.251 e. The van der Waals surface area contributed by atoms with E-state index in [9.17, 15) is 9.59 Å². The number of likely N-dealkylation sites (N-methyl/N-ethyl adjacent to an activating group) is 1. The molecule has 4 nitrogen and oxygen atoms in total. The summed E-state index contributed by atoms with van der Waals surface area (Å²) in [5, 5.41) is 6.99. The van der Waals surface area contributed by atoms with Crippen molar-refractivity contribution in [2.24, 2.45) is 0 Å². The summed E-state index contributed by atoms with van der Waals surface area (Å²) in [4.78, 5) is 27.4. The van der Waals surface area contributed by atoms with E-state index in [0.29, 0.717) is 18.5 Å². The third kappa shape index (κ3) is 6.38. The SMILES string of the molecule is CSCC[C@@H](NC(=O)c1ccc(C(C)(C)C)cc1)C(=O)N(C)Cc1ccsc1. The van der Waals surface area contributed by atoms with Gasteiger partial charge in [0, 0.05) is 19.2 Å². The largest absolute Gasteiger partial charge is 0.340 e.